The minimum absolute atomic E-state index is 0.270. The molecule has 3 amide bonds. The van der Waals surface area contributed by atoms with Crippen LogP contribution in [0.3, 0.4) is 0 Å². The molecule has 4 rings (SSSR count). The highest BCUT2D eigenvalue weighted by Gasteiger charge is 2.48. The van der Waals surface area contributed by atoms with E-state index in [1.807, 2.05) is 47.8 Å². The van der Waals surface area contributed by atoms with Crippen LogP contribution in [0.4, 0.5) is 9.18 Å². The first kappa shape index (κ1) is 22.9. The number of carbonyl (C=O) groups is 2. The Morgan fingerprint density at radius 2 is 1.85 bits per heavy atom. The van der Waals surface area contributed by atoms with Crippen LogP contribution in [0.15, 0.2) is 72.1 Å². The van der Waals surface area contributed by atoms with E-state index in [-0.39, 0.29) is 11.6 Å². The summed E-state index contributed by atoms with van der Waals surface area (Å²) in [4.78, 5) is 28.7. The van der Waals surface area contributed by atoms with Gasteiger partial charge in [-0.25, -0.2) is 9.18 Å². The van der Waals surface area contributed by atoms with Gasteiger partial charge in [0.05, 0.1) is 17.7 Å². The number of likely N-dealkylation sites (tertiary alicyclic amines) is 1. The van der Waals surface area contributed by atoms with E-state index < -0.39 is 29.4 Å². The number of nitrogens with zero attached hydrogens (tertiary/aromatic N) is 1. The van der Waals surface area contributed by atoms with Gasteiger partial charge in [0, 0.05) is 23.5 Å². The van der Waals surface area contributed by atoms with E-state index in [0.717, 1.165) is 10.4 Å². The van der Waals surface area contributed by atoms with Crippen molar-refractivity contribution in [3.05, 3.63) is 93.9 Å². The zero-order valence-corrected chi connectivity index (χ0v) is 19.0. The van der Waals surface area contributed by atoms with E-state index >= 15 is 0 Å². The number of aliphatic hydroxyl groups is 1. The Kier molecular flexibility index (Phi) is 6.76. The number of halogens is 1. The maximum atomic E-state index is 13.3. The van der Waals surface area contributed by atoms with Gasteiger partial charge in [-0.3, -0.25) is 4.79 Å². The van der Waals surface area contributed by atoms with Gasteiger partial charge in [-0.15, -0.1) is 11.3 Å². The topological polar surface area (TPSA) is 81.7 Å². The van der Waals surface area contributed by atoms with Crippen LogP contribution in [0.5, 0.6) is 0 Å². The molecule has 3 aromatic rings. The molecule has 3 N–H and O–H groups in total. The molecule has 1 aliphatic rings. The molecule has 2 heterocycles. The van der Waals surface area contributed by atoms with Gasteiger partial charge in [-0.05, 0) is 54.6 Å². The quantitative estimate of drug-likeness (QED) is 0.529. The number of hydrogen-bond acceptors (Lipinski definition) is 4. The van der Waals surface area contributed by atoms with Crippen LogP contribution in [-0.4, -0.2) is 40.1 Å². The minimum atomic E-state index is -1.25. The Labute approximate surface area is 196 Å². The van der Waals surface area contributed by atoms with Gasteiger partial charge < -0.3 is 20.6 Å². The van der Waals surface area contributed by atoms with Gasteiger partial charge in [-0.1, -0.05) is 36.4 Å². The third-order valence-electron chi connectivity index (χ3n) is 5.96. The van der Waals surface area contributed by atoms with E-state index in [1.54, 1.807) is 11.8 Å². The monoisotopic (exact) mass is 467 g/mol. The highest BCUT2D eigenvalue weighted by atomic mass is 32.1. The number of rotatable bonds is 5. The second kappa shape index (κ2) is 9.72. The Morgan fingerprint density at radius 1 is 1.12 bits per heavy atom. The van der Waals surface area contributed by atoms with Crippen molar-refractivity contribution < 1.29 is 19.1 Å². The average Bonchev–Trinajstić information content (AvgIpc) is 3.34. The highest BCUT2D eigenvalue weighted by molar-refractivity contribution is 7.10. The van der Waals surface area contributed by atoms with Crippen molar-refractivity contribution in [3.63, 3.8) is 0 Å². The summed E-state index contributed by atoms with van der Waals surface area (Å²) in [5, 5.41) is 19.0. The molecule has 0 saturated carbocycles. The summed E-state index contributed by atoms with van der Waals surface area (Å²) in [6.07, 6.45) is 0.294. The number of hydrogen-bond donors (Lipinski definition) is 3. The van der Waals surface area contributed by atoms with Crippen LogP contribution in [0.25, 0.3) is 0 Å². The molecule has 1 aromatic heterocycles. The lowest BCUT2D eigenvalue weighted by Gasteiger charge is -2.48. The molecular weight excluding hydrogens is 441 g/mol. The van der Waals surface area contributed by atoms with Crippen LogP contribution in [-0.2, 0) is 6.54 Å². The van der Waals surface area contributed by atoms with Gasteiger partial charge >= 0.3 is 6.03 Å². The van der Waals surface area contributed by atoms with E-state index in [2.05, 4.69) is 10.6 Å². The SMILES string of the molecule is C[C@@]1(O)CCN(C(=O)NCc2ccccc2)[C@@H](c2cccs2)[C@@H]1NC(=O)c1ccc(F)cc1. The maximum absolute atomic E-state index is 13.3. The first-order valence-corrected chi connectivity index (χ1v) is 11.6. The fraction of sp³-hybridized carbons (Fsp3) is 0.280. The number of thiophene rings is 1. The fourth-order valence-electron chi connectivity index (χ4n) is 4.10. The van der Waals surface area contributed by atoms with Crippen LogP contribution in [0, 0.1) is 5.82 Å². The summed E-state index contributed by atoms with van der Waals surface area (Å²) in [6, 6.07) is 17.0. The van der Waals surface area contributed by atoms with Crippen molar-refractivity contribution in [1.29, 1.82) is 0 Å². The predicted molar refractivity (Wildman–Crippen MR) is 125 cm³/mol. The Bertz CT molecular complexity index is 1090. The third-order valence-corrected chi connectivity index (χ3v) is 6.90. The molecular formula is C25H26FN3O3S. The molecule has 8 heteroatoms. The number of piperidine rings is 1. The molecule has 2 aromatic carbocycles. The van der Waals surface area contributed by atoms with Crippen molar-refractivity contribution in [1.82, 2.24) is 15.5 Å². The smallest absolute Gasteiger partial charge is 0.318 e. The standard InChI is InChI=1S/C25H26FN3O3S/c1-25(32)13-14-29(24(31)27-16-17-6-3-2-4-7-17)21(20-8-5-15-33-20)22(25)28-23(30)18-9-11-19(26)12-10-18/h2-12,15,21-22,32H,13-14,16H2,1H3,(H,27,31)(H,28,30)/t21-,22-,25+/m0/s1. The van der Waals surface area contributed by atoms with Crippen LogP contribution in [0.2, 0.25) is 0 Å². The molecule has 1 aliphatic heterocycles. The van der Waals surface area contributed by atoms with Crippen LogP contribution < -0.4 is 10.6 Å². The molecule has 1 saturated heterocycles. The molecule has 0 spiro atoms. The van der Waals surface area contributed by atoms with E-state index in [4.69, 9.17) is 0 Å². The van der Waals surface area contributed by atoms with Crippen molar-refractivity contribution in [3.8, 4) is 0 Å². The molecule has 0 aliphatic carbocycles. The third kappa shape index (κ3) is 5.23. The van der Waals surface area contributed by atoms with E-state index in [0.29, 0.717) is 19.5 Å². The van der Waals surface area contributed by atoms with Gasteiger partial charge in [0.1, 0.15) is 5.82 Å². The Balaban J connectivity index is 1.59. The normalized spacial score (nSPS) is 22.6. The van der Waals surface area contributed by atoms with Gasteiger partial charge in [-0.2, -0.15) is 0 Å². The lowest BCUT2D eigenvalue weighted by Crippen LogP contribution is -2.64. The highest BCUT2D eigenvalue weighted by Crippen LogP contribution is 2.39. The molecule has 0 unspecified atom stereocenters. The number of amides is 3. The first-order valence-electron chi connectivity index (χ1n) is 10.8. The zero-order chi connectivity index (χ0) is 23.4. The molecule has 172 valence electrons. The second-order valence-corrected chi connectivity index (χ2v) is 9.34. The predicted octanol–water partition coefficient (Wildman–Crippen LogP) is 4.09. The van der Waals surface area contributed by atoms with Gasteiger partial charge in [0.25, 0.3) is 5.91 Å². The summed E-state index contributed by atoms with van der Waals surface area (Å²) in [5.41, 5.74) is 0.00655. The summed E-state index contributed by atoms with van der Waals surface area (Å²) in [6.45, 7) is 2.37. The minimum Gasteiger partial charge on any atom is -0.388 e. The summed E-state index contributed by atoms with van der Waals surface area (Å²) < 4.78 is 13.3. The van der Waals surface area contributed by atoms with E-state index in [1.165, 1.54) is 35.6 Å². The van der Waals surface area contributed by atoms with Crippen LogP contribution >= 0.6 is 11.3 Å². The number of carbonyl (C=O) groups excluding carboxylic acids is 2. The number of urea groups is 1. The number of nitrogens with one attached hydrogen (secondary N) is 2. The first-order chi connectivity index (χ1) is 15.8. The average molecular weight is 468 g/mol. The summed E-state index contributed by atoms with van der Waals surface area (Å²) >= 11 is 1.46. The largest absolute Gasteiger partial charge is 0.388 e. The Morgan fingerprint density at radius 3 is 2.52 bits per heavy atom. The van der Waals surface area contributed by atoms with Crippen LogP contribution in [0.1, 0.15) is 40.2 Å². The molecule has 33 heavy (non-hydrogen) atoms. The molecule has 6 nitrogen and oxygen atoms in total. The van der Waals surface area contributed by atoms with Crippen molar-refractivity contribution in [2.75, 3.05) is 6.54 Å². The fourth-order valence-corrected chi connectivity index (χ4v) is 4.98. The maximum Gasteiger partial charge on any atom is 0.318 e. The van der Waals surface area contributed by atoms with Crippen molar-refractivity contribution in [2.24, 2.45) is 0 Å². The van der Waals surface area contributed by atoms with Gasteiger partial charge in [0.2, 0.25) is 0 Å². The van der Waals surface area contributed by atoms with Crippen molar-refractivity contribution >= 4 is 23.3 Å². The second-order valence-electron chi connectivity index (χ2n) is 8.36. The number of benzene rings is 2. The lowest BCUT2D eigenvalue weighted by molar-refractivity contribution is -0.0504. The van der Waals surface area contributed by atoms with E-state index in [9.17, 15) is 19.1 Å². The summed E-state index contributed by atoms with van der Waals surface area (Å²) in [5.74, 6) is -0.873. The van der Waals surface area contributed by atoms with Gasteiger partial charge in [0.15, 0.2) is 0 Å². The van der Waals surface area contributed by atoms with Crippen molar-refractivity contribution in [2.45, 2.75) is 37.6 Å². The lowest BCUT2D eigenvalue weighted by atomic mass is 9.81. The molecule has 1 fully saturated rings. The summed E-state index contributed by atoms with van der Waals surface area (Å²) in [7, 11) is 0. The Hall–Kier alpha value is -3.23. The molecule has 0 radical (unpaired) electrons. The molecule has 3 atom stereocenters. The zero-order valence-electron chi connectivity index (χ0n) is 18.2. The molecule has 0 bridgehead atoms.